The van der Waals surface area contributed by atoms with E-state index in [-0.39, 0.29) is 6.09 Å². The molecule has 0 aromatic carbocycles. The second kappa shape index (κ2) is 4.17. The zero-order chi connectivity index (χ0) is 9.97. The summed E-state index contributed by atoms with van der Waals surface area (Å²) < 4.78 is 4.71. The molecule has 2 aliphatic rings. The minimum atomic E-state index is -0.174. The van der Waals surface area contributed by atoms with Gasteiger partial charge in [0.05, 0.1) is 7.11 Å². The molecule has 4 heteroatoms. The summed E-state index contributed by atoms with van der Waals surface area (Å²) >= 11 is 0. The SMILES string of the molecule is COC(=O)N1CCC(N2CCCC2)C1. The van der Waals surface area contributed by atoms with E-state index in [4.69, 9.17) is 4.74 Å². The molecule has 0 aliphatic carbocycles. The largest absolute Gasteiger partial charge is 0.453 e. The third-order valence-corrected chi connectivity index (χ3v) is 3.25. The van der Waals surface area contributed by atoms with E-state index >= 15 is 0 Å². The highest BCUT2D eigenvalue weighted by atomic mass is 16.5. The molecule has 0 bridgehead atoms. The molecule has 0 spiro atoms. The van der Waals surface area contributed by atoms with Crippen LogP contribution < -0.4 is 0 Å². The molecule has 0 saturated carbocycles. The summed E-state index contributed by atoms with van der Waals surface area (Å²) in [4.78, 5) is 15.6. The Morgan fingerprint density at radius 1 is 1.29 bits per heavy atom. The molecular formula is C10H18N2O2. The Kier molecular flexibility index (Phi) is 2.91. The number of hydrogen-bond donors (Lipinski definition) is 0. The molecule has 2 saturated heterocycles. The lowest BCUT2D eigenvalue weighted by Gasteiger charge is -2.23. The highest BCUT2D eigenvalue weighted by Crippen LogP contribution is 2.20. The first-order valence-electron chi connectivity index (χ1n) is 5.38. The lowest BCUT2D eigenvalue weighted by Crippen LogP contribution is -2.37. The van der Waals surface area contributed by atoms with E-state index < -0.39 is 0 Å². The summed E-state index contributed by atoms with van der Waals surface area (Å²) in [7, 11) is 1.45. The second-order valence-electron chi connectivity index (χ2n) is 4.10. The van der Waals surface area contributed by atoms with Crippen LogP contribution in [0.15, 0.2) is 0 Å². The van der Waals surface area contributed by atoms with Gasteiger partial charge in [0.1, 0.15) is 0 Å². The van der Waals surface area contributed by atoms with Crippen molar-refractivity contribution in [1.82, 2.24) is 9.80 Å². The number of methoxy groups -OCH3 is 1. The number of hydrogen-bond acceptors (Lipinski definition) is 3. The Balaban J connectivity index is 1.84. The van der Waals surface area contributed by atoms with Crippen LogP contribution in [0.5, 0.6) is 0 Å². The van der Waals surface area contributed by atoms with Crippen LogP contribution in [0.1, 0.15) is 19.3 Å². The monoisotopic (exact) mass is 198 g/mol. The molecule has 0 N–H and O–H groups in total. The van der Waals surface area contributed by atoms with Gasteiger partial charge in [0, 0.05) is 19.1 Å². The van der Waals surface area contributed by atoms with E-state index in [9.17, 15) is 4.79 Å². The van der Waals surface area contributed by atoms with E-state index in [2.05, 4.69) is 4.90 Å². The fraction of sp³-hybridized carbons (Fsp3) is 0.900. The fourth-order valence-corrected chi connectivity index (χ4v) is 2.44. The maximum absolute atomic E-state index is 11.3. The Morgan fingerprint density at radius 2 is 2.00 bits per heavy atom. The minimum absolute atomic E-state index is 0.174. The van der Waals surface area contributed by atoms with Crippen LogP contribution in [0.3, 0.4) is 0 Å². The summed E-state index contributed by atoms with van der Waals surface area (Å²) in [6.45, 7) is 4.12. The summed E-state index contributed by atoms with van der Waals surface area (Å²) in [5.41, 5.74) is 0. The molecule has 1 unspecified atom stereocenters. The van der Waals surface area contributed by atoms with E-state index in [1.807, 2.05) is 4.90 Å². The zero-order valence-corrected chi connectivity index (χ0v) is 8.74. The van der Waals surface area contributed by atoms with E-state index in [0.717, 1.165) is 19.5 Å². The molecule has 2 rings (SSSR count). The number of carbonyl (C=O) groups is 1. The van der Waals surface area contributed by atoms with Gasteiger partial charge in [-0.25, -0.2) is 4.79 Å². The Morgan fingerprint density at radius 3 is 2.64 bits per heavy atom. The maximum Gasteiger partial charge on any atom is 0.409 e. The van der Waals surface area contributed by atoms with Crippen molar-refractivity contribution >= 4 is 6.09 Å². The van der Waals surface area contributed by atoms with Gasteiger partial charge in [-0.3, -0.25) is 4.90 Å². The average Bonchev–Trinajstić information content (AvgIpc) is 2.86. The lowest BCUT2D eigenvalue weighted by molar-refractivity contribution is 0.128. The van der Waals surface area contributed by atoms with Gasteiger partial charge in [-0.05, 0) is 32.4 Å². The van der Waals surface area contributed by atoms with Crippen LogP contribution in [0, 0.1) is 0 Å². The maximum atomic E-state index is 11.3. The quantitative estimate of drug-likeness (QED) is 0.628. The normalized spacial score (nSPS) is 28.4. The van der Waals surface area contributed by atoms with Gasteiger partial charge >= 0.3 is 6.09 Å². The van der Waals surface area contributed by atoms with Crippen LogP contribution in [0.4, 0.5) is 4.79 Å². The number of likely N-dealkylation sites (tertiary alicyclic amines) is 2. The summed E-state index contributed by atoms with van der Waals surface area (Å²) in [6.07, 6.45) is 3.56. The van der Waals surface area contributed by atoms with Crippen molar-refractivity contribution in [3.8, 4) is 0 Å². The number of rotatable bonds is 1. The summed E-state index contributed by atoms with van der Waals surface area (Å²) in [5, 5.41) is 0. The first-order valence-corrected chi connectivity index (χ1v) is 5.38. The molecule has 2 fully saturated rings. The topological polar surface area (TPSA) is 32.8 Å². The van der Waals surface area contributed by atoms with Gasteiger partial charge in [0.25, 0.3) is 0 Å². The second-order valence-corrected chi connectivity index (χ2v) is 4.10. The summed E-state index contributed by atoms with van der Waals surface area (Å²) in [6, 6.07) is 0.580. The van der Waals surface area contributed by atoms with Crippen LogP contribution >= 0.6 is 0 Å². The number of carbonyl (C=O) groups excluding carboxylic acids is 1. The minimum Gasteiger partial charge on any atom is -0.453 e. The highest BCUT2D eigenvalue weighted by Gasteiger charge is 2.31. The van der Waals surface area contributed by atoms with Crippen LogP contribution in [-0.2, 0) is 4.74 Å². The van der Waals surface area contributed by atoms with Gasteiger partial charge < -0.3 is 9.64 Å². The van der Waals surface area contributed by atoms with Crippen molar-refractivity contribution in [2.24, 2.45) is 0 Å². The molecule has 1 atom stereocenters. The molecule has 1 amide bonds. The zero-order valence-electron chi connectivity index (χ0n) is 8.74. The van der Waals surface area contributed by atoms with Gasteiger partial charge in [0.15, 0.2) is 0 Å². The van der Waals surface area contributed by atoms with Crippen molar-refractivity contribution in [2.75, 3.05) is 33.3 Å². The molecule has 0 aromatic heterocycles. The summed E-state index contributed by atoms with van der Waals surface area (Å²) in [5.74, 6) is 0. The molecule has 80 valence electrons. The molecule has 2 heterocycles. The van der Waals surface area contributed by atoms with Crippen molar-refractivity contribution < 1.29 is 9.53 Å². The molecule has 0 aromatic rings. The molecular weight excluding hydrogens is 180 g/mol. The first kappa shape index (κ1) is 9.77. The highest BCUT2D eigenvalue weighted by molar-refractivity contribution is 5.67. The fourth-order valence-electron chi connectivity index (χ4n) is 2.44. The Bertz CT molecular complexity index is 214. The van der Waals surface area contributed by atoms with E-state index in [0.29, 0.717) is 6.04 Å². The molecule has 14 heavy (non-hydrogen) atoms. The van der Waals surface area contributed by atoms with Gasteiger partial charge in [-0.15, -0.1) is 0 Å². The van der Waals surface area contributed by atoms with Crippen molar-refractivity contribution in [1.29, 1.82) is 0 Å². The Hall–Kier alpha value is -0.770. The lowest BCUT2D eigenvalue weighted by atomic mass is 10.2. The standard InChI is InChI=1S/C10H18N2O2/c1-14-10(13)12-7-4-9(8-12)11-5-2-3-6-11/h9H,2-8H2,1H3. The van der Waals surface area contributed by atoms with Crippen molar-refractivity contribution in [2.45, 2.75) is 25.3 Å². The van der Waals surface area contributed by atoms with Gasteiger partial charge in [0.2, 0.25) is 0 Å². The predicted octanol–water partition coefficient (Wildman–Crippen LogP) is 0.923. The third kappa shape index (κ3) is 1.85. The van der Waals surface area contributed by atoms with Crippen LogP contribution in [-0.4, -0.2) is 55.2 Å². The molecule has 2 aliphatic heterocycles. The number of ether oxygens (including phenoxy) is 1. The van der Waals surface area contributed by atoms with Crippen molar-refractivity contribution in [3.05, 3.63) is 0 Å². The third-order valence-electron chi connectivity index (χ3n) is 3.25. The van der Waals surface area contributed by atoms with Crippen LogP contribution in [0.25, 0.3) is 0 Å². The van der Waals surface area contributed by atoms with Crippen molar-refractivity contribution in [3.63, 3.8) is 0 Å². The predicted molar refractivity (Wildman–Crippen MR) is 53.2 cm³/mol. The van der Waals surface area contributed by atoms with Crippen LogP contribution in [0.2, 0.25) is 0 Å². The van der Waals surface area contributed by atoms with E-state index in [1.54, 1.807) is 0 Å². The smallest absolute Gasteiger partial charge is 0.409 e. The number of amides is 1. The number of nitrogens with zero attached hydrogens (tertiary/aromatic N) is 2. The average molecular weight is 198 g/mol. The first-order chi connectivity index (χ1) is 6.81. The molecule has 0 radical (unpaired) electrons. The van der Waals surface area contributed by atoms with Gasteiger partial charge in [-0.1, -0.05) is 0 Å². The van der Waals surface area contributed by atoms with Gasteiger partial charge in [-0.2, -0.15) is 0 Å². The Labute approximate surface area is 84.8 Å². The van der Waals surface area contributed by atoms with E-state index in [1.165, 1.54) is 33.0 Å². The molecule has 4 nitrogen and oxygen atoms in total.